The van der Waals surface area contributed by atoms with Crippen molar-refractivity contribution < 1.29 is 23.9 Å². The number of carbonyl (C=O) groups is 1. The van der Waals surface area contributed by atoms with E-state index in [1.807, 2.05) is 33.8 Å². The Labute approximate surface area is 209 Å². The zero-order chi connectivity index (χ0) is 26.0. The van der Waals surface area contributed by atoms with Crippen LogP contribution >= 0.6 is 0 Å². The molecule has 1 aliphatic heterocycles. The summed E-state index contributed by atoms with van der Waals surface area (Å²) in [5.74, 6) is -0.0655. The van der Waals surface area contributed by atoms with Gasteiger partial charge in [-0.05, 0) is 58.2 Å². The molecule has 0 amide bonds. The normalized spacial score (nSPS) is 15.3. The number of hydrogen-bond acceptors (Lipinski definition) is 8. The van der Waals surface area contributed by atoms with Gasteiger partial charge in [0.2, 0.25) is 5.88 Å². The third kappa shape index (κ3) is 4.94. The minimum atomic E-state index is -0.576. The highest BCUT2D eigenvalue weighted by atomic mass is 16.6. The number of aromatic nitrogens is 3. The van der Waals surface area contributed by atoms with E-state index < -0.39 is 10.9 Å². The molecule has 1 atom stereocenters. The van der Waals surface area contributed by atoms with Crippen molar-refractivity contribution in [3.63, 3.8) is 0 Å². The van der Waals surface area contributed by atoms with Gasteiger partial charge in [0.15, 0.2) is 0 Å². The van der Waals surface area contributed by atoms with Crippen LogP contribution in [0.1, 0.15) is 54.8 Å². The highest BCUT2D eigenvalue weighted by Crippen LogP contribution is 2.39. The van der Waals surface area contributed by atoms with Crippen molar-refractivity contribution in [2.45, 2.75) is 53.2 Å². The first-order valence-electron chi connectivity index (χ1n) is 12.0. The predicted molar refractivity (Wildman–Crippen MR) is 133 cm³/mol. The Morgan fingerprint density at radius 2 is 2.08 bits per heavy atom. The second-order valence-electron chi connectivity index (χ2n) is 8.98. The van der Waals surface area contributed by atoms with Crippen LogP contribution in [0.2, 0.25) is 0 Å². The highest BCUT2D eigenvalue weighted by molar-refractivity contribution is 5.98. The van der Waals surface area contributed by atoms with Crippen molar-refractivity contribution in [1.82, 2.24) is 14.8 Å². The molecule has 1 fully saturated rings. The van der Waals surface area contributed by atoms with E-state index in [1.54, 1.807) is 23.7 Å². The van der Waals surface area contributed by atoms with Gasteiger partial charge >= 0.3 is 5.97 Å². The molecule has 0 radical (unpaired) electrons. The Morgan fingerprint density at radius 1 is 1.31 bits per heavy atom. The van der Waals surface area contributed by atoms with Gasteiger partial charge < -0.3 is 14.2 Å². The molecule has 0 spiro atoms. The number of esters is 1. The van der Waals surface area contributed by atoms with Gasteiger partial charge in [0.05, 0.1) is 47.7 Å². The number of aryl methyl sites for hydroxylation is 2. The van der Waals surface area contributed by atoms with Gasteiger partial charge in [0.25, 0.3) is 5.69 Å². The van der Waals surface area contributed by atoms with Crippen LogP contribution in [0.5, 0.6) is 5.88 Å². The van der Waals surface area contributed by atoms with Crippen LogP contribution < -0.4 is 4.74 Å². The number of carbonyl (C=O) groups excluding carboxylic acids is 1. The minimum Gasteiger partial charge on any atom is -0.475 e. The third-order valence-electron chi connectivity index (χ3n) is 6.01. The maximum atomic E-state index is 12.7. The Hall–Kier alpha value is -3.79. The molecule has 2 aromatic heterocycles. The van der Waals surface area contributed by atoms with E-state index in [2.05, 4.69) is 10.1 Å². The molecule has 3 heterocycles. The first-order valence-corrected chi connectivity index (χ1v) is 12.0. The molecular formula is C26H30N4O6. The van der Waals surface area contributed by atoms with Gasteiger partial charge in [-0.25, -0.2) is 9.78 Å². The van der Waals surface area contributed by atoms with Gasteiger partial charge in [-0.3, -0.25) is 14.8 Å². The average Bonchev–Trinajstić information content (AvgIpc) is 3.48. The van der Waals surface area contributed by atoms with Crippen LogP contribution in [0.4, 0.5) is 5.69 Å². The first kappa shape index (κ1) is 25.3. The zero-order valence-electron chi connectivity index (χ0n) is 21.1. The fourth-order valence-corrected chi connectivity index (χ4v) is 4.55. The predicted octanol–water partition coefficient (Wildman–Crippen LogP) is 5.06. The quantitative estimate of drug-likeness (QED) is 0.242. The van der Waals surface area contributed by atoms with Crippen molar-refractivity contribution >= 4 is 11.7 Å². The molecular weight excluding hydrogens is 464 g/mol. The molecule has 1 saturated heterocycles. The lowest BCUT2D eigenvalue weighted by Crippen LogP contribution is -2.14. The second kappa shape index (κ2) is 10.4. The molecule has 4 rings (SSSR count). The molecule has 190 valence electrons. The Balaban J connectivity index is 1.86. The number of nitro benzene ring substituents is 1. The summed E-state index contributed by atoms with van der Waals surface area (Å²) in [5.41, 5.74) is 3.73. The molecule has 0 unspecified atom stereocenters. The van der Waals surface area contributed by atoms with Crippen LogP contribution in [-0.4, -0.2) is 51.6 Å². The molecule has 0 N–H and O–H groups in total. The van der Waals surface area contributed by atoms with Crippen LogP contribution in [-0.2, 0) is 9.47 Å². The minimum absolute atomic E-state index is 0.0220. The van der Waals surface area contributed by atoms with Gasteiger partial charge in [0, 0.05) is 30.0 Å². The van der Waals surface area contributed by atoms with Crippen molar-refractivity contribution in [2.75, 3.05) is 19.8 Å². The number of pyridine rings is 1. The summed E-state index contributed by atoms with van der Waals surface area (Å²) in [5, 5.41) is 16.7. The fraction of sp³-hybridized carbons (Fsp3) is 0.423. The first-order chi connectivity index (χ1) is 17.2. The zero-order valence-corrected chi connectivity index (χ0v) is 21.1. The number of hydrogen-bond donors (Lipinski definition) is 0. The molecule has 3 aromatic rings. The molecule has 1 aliphatic rings. The monoisotopic (exact) mass is 494 g/mol. The summed E-state index contributed by atoms with van der Waals surface area (Å²) < 4.78 is 18.1. The largest absolute Gasteiger partial charge is 0.475 e. The lowest BCUT2D eigenvalue weighted by molar-refractivity contribution is -0.384. The highest BCUT2D eigenvalue weighted by Gasteiger charge is 2.31. The summed E-state index contributed by atoms with van der Waals surface area (Å²) in [6.45, 7) is 10.5. The van der Waals surface area contributed by atoms with E-state index in [-0.39, 0.29) is 30.0 Å². The SMILES string of the molecule is CCOC(=O)c1cnn([C@H]2CCOC2)c1-c1ccc(-c2c(C)cc(OC(C)C)nc2C)cc1[N+](=O)[O-]. The lowest BCUT2D eigenvalue weighted by atomic mass is 9.95. The van der Waals surface area contributed by atoms with Crippen LogP contribution in [0.15, 0.2) is 30.5 Å². The topological polar surface area (TPSA) is 119 Å². The van der Waals surface area contributed by atoms with E-state index in [0.717, 1.165) is 11.1 Å². The fourth-order valence-electron chi connectivity index (χ4n) is 4.55. The van der Waals surface area contributed by atoms with Crippen molar-refractivity contribution in [2.24, 2.45) is 0 Å². The van der Waals surface area contributed by atoms with Crippen LogP contribution in [0, 0.1) is 24.0 Å². The number of nitro groups is 1. The molecule has 0 bridgehead atoms. The van der Waals surface area contributed by atoms with Gasteiger partial charge in [-0.1, -0.05) is 6.07 Å². The molecule has 0 saturated carbocycles. The molecule has 1 aromatic carbocycles. The maximum absolute atomic E-state index is 12.7. The summed E-state index contributed by atoms with van der Waals surface area (Å²) in [6.07, 6.45) is 2.08. The summed E-state index contributed by atoms with van der Waals surface area (Å²) in [6, 6.07) is 6.68. The Kier molecular flexibility index (Phi) is 7.35. The average molecular weight is 495 g/mol. The van der Waals surface area contributed by atoms with Crippen molar-refractivity contribution in [1.29, 1.82) is 0 Å². The van der Waals surface area contributed by atoms with E-state index in [1.165, 1.54) is 12.3 Å². The number of nitrogens with zero attached hydrogens (tertiary/aromatic N) is 4. The molecule has 10 nitrogen and oxygen atoms in total. The summed E-state index contributed by atoms with van der Waals surface area (Å²) in [7, 11) is 0. The number of ether oxygens (including phenoxy) is 3. The second-order valence-corrected chi connectivity index (χ2v) is 8.98. The molecule has 36 heavy (non-hydrogen) atoms. The lowest BCUT2D eigenvalue weighted by Gasteiger charge is -2.17. The van der Waals surface area contributed by atoms with Gasteiger partial charge in [0.1, 0.15) is 5.56 Å². The smallest absolute Gasteiger partial charge is 0.341 e. The Bertz CT molecular complexity index is 1270. The maximum Gasteiger partial charge on any atom is 0.341 e. The Morgan fingerprint density at radius 3 is 2.69 bits per heavy atom. The van der Waals surface area contributed by atoms with E-state index in [9.17, 15) is 14.9 Å². The summed E-state index contributed by atoms with van der Waals surface area (Å²) >= 11 is 0. The van der Waals surface area contributed by atoms with Gasteiger partial charge in [-0.15, -0.1) is 0 Å². The van der Waals surface area contributed by atoms with E-state index in [4.69, 9.17) is 14.2 Å². The third-order valence-corrected chi connectivity index (χ3v) is 6.01. The standard InChI is InChI=1S/C26H30N4O6/c1-6-35-26(31)21-13-27-29(19-9-10-34-14-19)25(21)20-8-7-18(12-22(20)30(32)33)24-16(4)11-23(28-17(24)5)36-15(2)3/h7-8,11-13,15,19H,6,9-10,14H2,1-5H3/t19-/m0/s1. The van der Waals surface area contributed by atoms with Crippen molar-refractivity contribution in [3.8, 4) is 28.3 Å². The molecule has 0 aliphatic carbocycles. The van der Waals surface area contributed by atoms with Gasteiger partial charge in [-0.2, -0.15) is 5.10 Å². The summed E-state index contributed by atoms with van der Waals surface area (Å²) in [4.78, 5) is 29.1. The van der Waals surface area contributed by atoms with Crippen LogP contribution in [0.3, 0.4) is 0 Å². The van der Waals surface area contributed by atoms with Crippen LogP contribution in [0.25, 0.3) is 22.4 Å². The van der Waals surface area contributed by atoms with E-state index in [0.29, 0.717) is 48.0 Å². The number of benzene rings is 1. The molecule has 10 heteroatoms. The van der Waals surface area contributed by atoms with E-state index >= 15 is 0 Å². The number of rotatable bonds is 8. The van der Waals surface area contributed by atoms with Crippen molar-refractivity contribution in [3.05, 3.63) is 57.4 Å².